The lowest BCUT2D eigenvalue weighted by Crippen LogP contribution is -2.50. The third-order valence-electron chi connectivity index (χ3n) is 5.78. The van der Waals surface area contributed by atoms with Gasteiger partial charge in [-0.2, -0.15) is 0 Å². The smallest absolute Gasteiger partial charge is 0.244 e. The maximum absolute atomic E-state index is 13.1. The molecule has 0 bridgehead atoms. The van der Waals surface area contributed by atoms with Gasteiger partial charge in [-0.3, -0.25) is 4.79 Å². The van der Waals surface area contributed by atoms with Gasteiger partial charge >= 0.3 is 0 Å². The molecule has 1 aromatic carbocycles. The standard InChI is InChI=1S/C23H25N7O/c31-20(28-13-15-29(16-14-28)23-24-11-6-12-25-23)17-30-22(19-9-4-5-10-19)26-21(27-30)18-7-2-1-3-8-18/h1-3,6-9,11-12H,4-5,10,13-17H2. The van der Waals surface area contributed by atoms with E-state index in [4.69, 9.17) is 10.1 Å². The van der Waals surface area contributed by atoms with Gasteiger partial charge in [-0.15, -0.1) is 5.10 Å². The Morgan fingerprint density at radius 3 is 2.45 bits per heavy atom. The van der Waals surface area contributed by atoms with Gasteiger partial charge in [-0.25, -0.2) is 19.6 Å². The van der Waals surface area contributed by atoms with Crippen LogP contribution >= 0.6 is 0 Å². The molecular weight excluding hydrogens is 390 g/mol. The van der Waals surface area contributed by atoms with Crippen molar-refractivity contribution < 1.29 is 4.79 Å². The number of hydrogen-bond donors (Lipinski definition) is 0. The number of nitrogens with zero attached hydrogens (tertiary/aromatic N) is 7. The zero-order valence-corrected chi connectivity index (χ0v) is 17.4. The van der Waals surface area contributed by atoms with Crippen LogP contribution in [0.1, 0.15) is 25.1 Å². The topological polar surface area (TPSA) is 80.0 Å². The Labute approximate surface area is 181 Å². The minimum Gasteiger partial charge on any atom is -0.338 e. The van der Waals surface area contributed by atoms with Crippen molar-refractivity contribution in [1.29, 1.82) is 0 Å². The van der Waals surface area contributed by atoms with E-state index in [0.717, 1.165) is 43.7 Å². The Morgan fingerprint density at radius 1 is 0.968 bits per heavy atom. The first-order chi connectivity index (χ1) is 15.3. The number of carbonyl (C=O) groups is 1. The maximum atomic E-state index is 13.1. The highest BCUT2D eigenvalue weighted by Gasteiger charge is 2.25. The number of piperazine rings is 1. The predicted molar refractivity (Wildman–Crippen MR) is 118 cm³/mol. The SMILES string of the molecule is O=C(Cn1nc(-c2ccccc2)nc1C1=CCCC1)N1CCN(c2ncccn2)CC1. The third-order valence-corrected chi connectivity index (χ3v) is 5.78. The maximum Gasteiger partial charge on any atom is 0.244 e. The second kappa shape index (κ2) is 8.67. The van der Waals surface area contributed by atoms with Crippen molar-refractivity contribution in [3.8, 4) is 11.4 Å². The molecule has 2 aromatic heterocycles. The van der Waals surface area contributed by atoms with Gasteiger partial charge in [0.15, 0.2) is 11.6 Å². The summed E-state index contributed by atoms with van der Waals surface area (Å²) in [5.41, 5.74) is 2.15. The average molecular weight is 416 g/mol. The molecule has 1 aliphatic heterocycles. The number of amides is 1. The zero-order chi connectivity index (χ0) is 21.0. The second-order valence-electron chi connectivity index (χ2n) is 7.82. The summed E-state index contributed by atoms with van der Waals surface area (Å²) in [5, 5.41) is 4.71. The molecule has 0 spiro atoms. The molecule has 3 heterocycles. The van der Waals surface area contributed by atoms with E-state index < -0.39 is 0 Å². The van der Waals surface area contributed by atoms with Crippen LogP contribution in [0.2, 0.25) is 0 Å². The monoisotopic (exact) mass is 415 g/mol. The fourth-order valence-electron chi connectivity index (χ4n) is 4.11. The van der Waals surface area contributed by atoms with Crippen LogP contribution in [0, 0.1) is 0 Å². The fourth-order valence-corrected chi connectivity index (χ4v) is 4.11. The second-order valence-corrected chi connectivity index (χ2v) is 7.82. The average Bonchev–Trinajstić information content (AvgIpc) is 3.50. The molecule has 0 N–H and O–H groups in total. The van der Waals surface area contributed by atoms with E-state index in [1.807, 2.05) is 41.3 Å². The molecule has 31 heavy (non-hydrogen) atoms. The molecular formula is C23H25N7O. The number of anilines is 1. The third kappa shape index (κ3) is 4.19. The van der Waals surface area contributed by atoms with Crippen molar-refractivity contribution in [3.05, 3.63) is 60.7 Å². The summed E-state index contributed by atoms with van der Waals surface area (Å²) in [6.07, 6.45) is 8.87. The first-order valence-corrected chi connectivity index (χ1v) is 10.8. The van der Waals surface area contributed by atoms with Crippen molar-refractivity contribution in [2.45, 2.75) is 25.8 Å². The molecule has 1 fully saturated rings. The van der Waals surface area contributed by atoms with E-state index in [-0.39, 0.29) is 12.5 Å². The molecule has 0 unspecified atom stereocenters. The number of rotatable bonds is 5. The highest BCUT2D eigenvalue weighted by molar-refractivity contribution is 5.77. The van der Waals surface area contributed by atoms with Gasteiger partial charge in [0.2, 0.25) is 11.9 Å². The molecule has 0 radical (unpaired) electrons. The molecule has 0 saturated carbocycles. The largest absolute Gasteiger partial charge is 0.338 e. The van der Waals surface area contributed by atoms with Crippen LogP contribution in [0.25, 0.3) is 17.0 Å². The summed E-state index contributed by atoms with van der Waals surface area (Å²) in [4.78, 5) is 30.5. The van der Waals surface area contributed by atoms with Gasteiger partial charge in [0.25, 0.3) is 0 Å². The minimum absolute atomic E-state index is 0.0676. The van der Waals surface area contributed by atoms with Gasteiger partial charge in [-0.05, 0) is 30.9 Å². The Hall–Kier alpha value is -3.55. The van der Waals surface area contributed by atoms with Gasteiger partial charge in [0, 0.05) is 44.1 Å². The quantitative estimate of drug-likeness (QED) is 0.637. The molecule has 0 atom stereocenters. The van der Waals surface area contributed by atoms with Crippen molar-refractivity contribution in [3.63, 3.8) is 0 Å². The first-order valence-electron chi connectivity index (χ1n) is 10.8. The van der Waals surface area contributed by atoms with E-state index in [1.54, 1.807) is 17.1 Å². The number of benzene rings is 1. The Kier molecular flexibility index (Phi) is 5.43. The molecule has 1 saturated heterocycles. The molecule has 158 valence electrons. The van der Waals surface area contributed by atoms with Crippen LogP contribution in [0.4, 0.5) is 5.95 Å². The van der Waals surface area contributed by atoms with Crippen molar-refractivity contribution in [2.75, 3.05) is 31.1 Å². The number of aromatic nitrogens is 5. The van der Waals surface area contributed by atoms with E-state index in [9.17, 15) is 4.79 Å². The lowest BCUT2D eigenvalue weighted by Gasteiger charge is -2.34. The molecule has 1 aliphatic carbocycles. The minimum atomic E-state index is 0.0676. The normalized spacial score (nSPS) is 16.5. The lowest BCUT2D eigenvalue weighted by molar-refractivity contribution is -0.132. The number of carbonyl (C=O) groups excluding carboxylic acids is 1. The van der Waals surface area contributed by atoms with Crippen molar-refractivity contribution in [2.24, 2.45) is 0 Å². The summed E-state index contributed by atoms with van der Waals surface area (Å²) in [6, 6.07) is 11.7. The van der Waals surface area contributed by atoms with Gasteiger partial charge in [0.05, 0.1) is 0 Å². The zero-order valence-electron chi connectivity index (χ0n) is 17.4. The molecule has 5 rings (SSSR count). The molecule has 8 nitrogen and oxygen atoms in total. The highest BCUT2D eigenvalue weighted by Crippen LogP contribution is 2.28. The van der Waals surface area contributed by atoms with E-state index in [2.05, 4.69) is 20.9 Å². The fraction of sp³-hybridized carbons (Fsp3) is 0.348. The van der Waals surface area contributed by atoms with Crippen LogP contribution in [-0.4, -0.2) is 61.7 Å². The van der Waals surface area contributed by atoms with Crippen molar-refractivity contribution in [1.82, 2.24) is 29.6 Å². The van der Waals surface area contributed by atoms with Crippen molar-refractivity contribution >= 4 is 17.4 Å². The molecule has 1 amide bonds. The number of hydrogen-bond acceptors (Lipinski definition) is 6. The first kappa shape index (κ1) is 19.4. The Morgan fingerprint density at radius 2 is 1.74 bits per heavy atom. The van der Waals surface area contributed by atoms with Crippen LogP contribution in [0.3, 0.4) is 0 Å². The molecule has 3 aromatic rings. The summed E-state index contributed by atoms with van der Waals surface area (Å²) in [7, 11) is 0. The summed E-state index contributed by atoms with van der Waals surface area (Å²) < 4.78 is 1.79. The Bertz CT molecular complexity index is 1070. The van der Waals surface area contributed by atoms with Crippen LogP contribution in [-0.2, 0) is 11.3 Å². The lowest BCUT2D eigenvalue weighted by atomic mass is 10.2. The summed E-state index contributed by atoms with van der Waals surface area (Å²) in [6.45, 7) is 2.94. The van der Waals surface area contributed by atoms with E-state index >= 15 is 0 Å². The Balaban J connectivity index is 1.31. The highest BCUT2D eigenvalue weighted by atomic mass is 16.2. The van der Waals surface area contributed by atoms with Gasteiger partial charge < -0.3 is 9.80 Å². The van der Waals surface area contributed by atoms with E-state index in [1.165, 1.54) is 5.57 Å². The van der Waals surface area contributed by atoms with Crippen LogP contribution < -0.4 is 4.90 Å². The van der Waals surface area contributed by atoms with Crippen LogP contribution in [0.5, 0.6) is 0 Å². The number of allylic oxidation sites excluding steroid dienone is 2. The summed E-state index contributed by atoms with van der Waals surface area (Å²) >= 11 is 0. The molecule has 2 aliphatic rings. The predicted octanol–water partition coefficient (Wildman–Crippen LogP) is 2.65. The van der Waals surface area contributed by atoms with Gasteiger partial charge in [0.1, 0.15) is 6.54 Å². The molecule has 8 heteroatoms. The summed E-state index contributed by atoms with van der Waals surface area (Å²) in [5.74, 6) is 2.27. The van der Waals surface area contributed by atoms with Gasteiger partial charge in [-0.1, -0.05) is 36.4 Å². The van der Waals surface area contributed by atoms with E-state index in [0.29, 0.717) is 24.9 Å². The van der Waals surface area contributed by atoms with Crippen LogP contribution in [0.15, 0.2) is 54.9 Å².